The fourth-order valence-electron chi connectivity index (χ4n) is 3.43. The number of rotatable bonds is 7. The number of alkyl halides is 1. The van der Waals surface area contributed by atoms with Crippen LogP contribution in [0.5, 0.6) is 0 Å². The van der Waals surface area contributed by atoms with E-state index in [0.717, 1.165) is 35.3 Å². The summed E-state index contributed by atoms with van der Waals surface area (Å²) in [4.78, 5) is 25.5. The average molecular weight is 446 g/mol. The first kappa shape index (κ1) is 20.6. The molecule has 0 radical (unpaired) electrons. The van der Waals surface area contributed by atoms with E-state index < -0.39 is 29.0 Å². The molecule has 1 fully saturated rings. The number of carbonyl (C=O) groups is 2. The Kier molecular flexibility index (Phi) is 6.86. The molecule has 0 aromatic heterocycles. The fourth-order valence-corrected chi connectivity index (χ4v) is 3.93. The number of hydrogen-bond donors (Lipinski definition) is 1. The van der Waals surface area contributed by atoms with Crippen LogP contribution in [-0.4, -0.2) is 33.4 Å². The number of nitrogens with zero attached hydrogens (tertiary/aromatic N) is 1. The highest BCUT2D eigenvalue weighted by molar-refractivity contribution is 9.10. The Hall–Kier alpha value is -2.18. The van der Waals surface area contributed by atoms with Crippen molar-refractivity contribution in [1.29, 1.82) is 0 Å². The summed E-state index contributed by atoms with van der Waals surface area (Å²) in [6, 6.07) is 16.4. The van der Waals surface area contributed by atoms with Gasteiger partial charge in [-0.05, 0) is 29.5 Å². The molecule has 0 unspecified atom stereocenters. The SMILES string of the molecule is CCCCc1ccccc1[C@H](O)[C@@H](Br)C(=O)N1C(=O)OC[C@@H]1c1ccccc1. The van der Waals surface area contributed by atoms with Crippen LogP contribution in [0.25, 0.3) is 0 Å². The van der Waals surface area contributed by atoms with Gasteiger partial charge in [-0.25, -0.2) is 9.69 Å². The van der Waals surface area contributed by atoms with Crippen LogP contribution >= 0.6 is 15.9 Å². The molecule has 148 valence electrons. The van der Waals surface area contributed by atoms with E-state index in [1.54, 1.807) is 0 Å². The van der Waals surface area contributed by atoms with E-state index in [9.17, 15) is 14.7 Å². The van der Waals surface area contributed by atoms with Gasteiger partial charge in [0.2, 0.25) is 5.91 Å². The van der Waals surface area contributed by atoms with Gasteiger partial charge in [-0.15, -0.1) is 0 Å². The zero-order valence-corrected chi connectivity index (χ0v) is 17.3. The van der Waals surface area contributed by atoms with E-state index in [2.05, 4.69) is 22.9 Å². The second-order valence-corrected chi connectivity index (χ2v) is 7.85. The van der Waals surface area contributed by atoms with Gasteiger partial charge in [-0.3, -0.25) is 4.79 Å². The number of aliphatic hydroxyl groups excluding tert-OH is 1. The first-order valence-corrected chi connectivity index (χ1v) is 10.4. The molecule has 6 heteroatoms. The van der Waals surface area contributed by atoms with Gasteiger partial charge in [0, 0.05) is 0 Å². The smallest absolute Gasteiger partial charge is 0.417 e. The molecule has 1 N–H and O–H groups in total. The van der Waals surface area contributed by atoms with Crippen LogP contribution in [0.4, 0.5) is 4.79 Å². The lowest BCUT2D eigenvalue weighted by Crippen LogP contribution is -2.41. The Morgan fingerprint density at radius 3 is 2.61 bits per heavy atom. The van der Waals surface area contributed by atoms with Gasteiger partial charge in [0.1, 0.15) is 23.6 Å². The number of aliphatic hydroxyl groups is 1. The molecular weight excluding hydrogens is 422 g/mol. The van der Waals surface area contributed by atoms with E-state index in [1.165, 1.54) is 0 Å². The lowest BCUT2D eigenvalue weighted by molar-refractivity contribution is -0.130. The van der Waals surface area contributed by atoms with Crippen LogP contribution in [0.2, 0.25) is 0 Å². The first-order valence-electron chi connectivity index (χ1n) is 9.49. The fraction of sp³-hybridized carbons (Fsp3) is 0.364. The molecular formula is C22H24BrNO4. The Labute approximate surface area is 173 Å². The van der Waals surface area contributed by atoms with Crippen molar-refractivity contribution < 1.29 is 19.4 Å². The number of benzene rings is 2. The molecule has 0 saturated carbocycles. The van der Waals surface area contributed by atoms with Gasteiger partial charge >= 0.3 is 6.09 Å². The number of hydrogen-bond acceptors (Lipinski definition) is 4. The average Bonchev–Trinajstić information content (AvgIpc) is 3.12. The van der Waals surface area contributed by atoms with E-state index in [-0.39, 0.29) is 6.61 Å². The predicted octanol–water partition coefficient (Wildman–Crippen LogP) is 4.55. The third-order valence-corrected chi connectivity index (χ3v) is 5.87. The van der Waals surface area contributed by atoms with Gasteiger partial charge in [0.05, 0.1) is 0 Å². The second kappa shape index (κ2) is 9.34. The van der Waals surface area contributed by atoms with Crippen molar-refractivity contribution in [3.63, 3.8) is 0 Å². The number of aryl methyl sites for hydroxylation is 1. The van der Waals surface area contributed by atoms with E-state index >= 15 is 0 Å². The molecule has 1 heterocycles. The maximum Gasteiger partial charge on any atom is 0.417 e. The maximum absolute atomic E-state index is 13.1. The topological polar surface area (TPSA) is 66.8 Å². The predicted molar refractivity (Wildman–Crippen MR) is 110 cm³/mol. The summed E-state index contributed by atoms with van der Waals surface area (Å²) in [6.45, 7) is 2.22. The molecule has 28 heavy (non-hydrogen) atoms. The third-order valence-electron chi connectivity index (χ3n) is 4.98. The Balaban J connectivity index is 1.82. The second-order valence-electron chi connectivity index (χ2n) is 6.86. The van der Waals surface area contributed by atoms with Gasteiger partial charge in [-0.1, -0.05) is 83.9 Å². The minimum absolute atomic E-state index is 0.109. The quantitative estimate of drug-likeness (QED) is 0.634. The van der Waals surface area contributed by atoms with Crippen molar-refractivity contribution >= 4 is 27.9 Å². The van der Waals surface area contributed by atoms with Crippen molar-refractivity contribution in [2.45, 2.75) is 43.2 Å². The zero-order valence-electron chi connectivity index (χ0n) is 15.8. The molecule has 3 rings (SSSR count). The number of imide groups is 1. The Bertz CT molecular complexity index is 826. The molecule has 1 saturated heterocycles. The highest BCUT2D eigenvalue weighted by atomic mass is 79.9. The van der Waals surface area contributed by atoms with Gasteiger partial charge in [-0.2, -0.15) is 0 Å². The number of halogens is 1. The van der Waals surface area contributed by atoms with Crippen LogP contribution < -0.4 is 0 Å². The number of amides is 2. The van der Waals surface area contributed by atoms with Crippen LogP contribution in [0, 0.1) is 0 Å². The van der Waals surface area contributed by atoms with E-state index in [1.807, 2.05) is 54.6 Å². The highest BCUT2D eigenvalue weighted by Crippen LogP contribution is 2.33. The first-order chi connectivity index (χ1) is 13.5. The molecule has 0 bridgehead atoms. The van der Waals surface area contributed by atoms with Gasteiger partial charge in [0.25, 0.3) is 0 Å². The van der Waals surface area contributed by atoms with E-state index in [4.69, 9.17) is 4.74 Å². The molecule has 2 amide bonds. The molecule has 3 atom stereocenters. The number of cyclic esters (lactones) is 1. The molecule has 5 nitrogen and oxygen atoms in total. The lowest BCUT2D eigenvalue weighted by atomic mass is 9.96. The Morgan fingerprint density at radius 1 is 1.21 bits per heavy atom. The minimum atomic E-state index is -1.06. The summed E-state index contributed by atoms with van der Waals surface area (Å²) in [6.07, 6.45) is 1.12. The standard InChI is InChI=1S/C22H24BrNO4/c1-2-3-9-15-10-7-8-13-17(15)20(25)19(23)21(26)24-18(14-28-22(24)27)16-11-5-4-6-12-16/h4-8,10-13,18-20,25H,2-3,9,14H2,1H3/t18-,19-,20+/m1/s1. The lowest BCUT2D eigenvalue weighted by Gasteiger charge is -2.26. The summed E-state index contributed by atoms with van der Waals surface area (Å²) >= 11 is 3.34. The van der Waals surface area contributed by atoms with Crippen LogP contribution in [0.1, 0.15) is 48.6 Å². The van der Waals surface area contributed by atoms with Crippen LogP contribution in [0.3, 0.4) is 0 Å². The van der Waals surface area contributed by atoms with Crippen molar-refractivity contribution in [2.24, 2.45) is 0 Å². The number of unbranched alkanes of at least 4 members (excludes halogenated alkanes) is 1. The van der Waals surface area contributed by atoms with Crippen molar-refractivity contribution in [2.75, 3.05) is 6.61 Å². The normalized spacial score (nSPS) is 18.6. The minimum Gasteiger partial charge on any atom is -0.446 e. The summed E-state index contributed by atoms with van der Waals surface area (Å²) in [5.74, 6) is -0.505. The molecule has 2 aromatic rings. The number of ether oxygens (including phenoxy) is 1. The summed E-state index contributed by atoms with van der Waals surface area (Å²) in [5.41, 5.74) is 2.53. The van der Waals surface area contributed by atoms with Crippen LogP contribution in [0.15, 0.2) is 54.6 Å². The Morgan fingerprint density at radius 2 is 1.89 bits per heavy atom. The molecule has 0 spiro atoms. The van der Waals surface area contributed by atoms with Gasteiger partial charge in [0.15, 0.2) is 0 Å². The zero-order chi connectivity index (χ0) is 20.1. The summed E-state index contributed by atoms with van der Waals surface area (Å²) in [7, 11) is 0. The largest absolute Gasteiger partial charge is 0.446 e. The highest BCUT2D eigenvalue weighted by Gasteiger charge is 2.43. The number of carbonyl (C=O) groups excluding carboxylic acids is 2. The summed E-state index contributed by atoms with van der Waals surface area (Å²) in [5, 5.41) is 10.9. The van der Waals surface area contributed by atoms with Gasteiger partial charge < -0.3 is 9.84 Å². The van der Waals surface area contributed by atoms with Crippen molar-refractivity contribution in [1.82, 2.24) is 4.90 Å². The van der Waals surface area contributed by atoms with Crippen LogP contribution in [-0.2, 0) is 16.0 Å². The van der Waals surface area contributed by atoms with E-state index in [0.29, 0.717) is 5.56 Å². The summed E-state index contributed by atoms with van der Waals surface area (Å²) < 4.78 is 5.13. The van der Waals surface area contributed by atoms with Crippen molar-refractivity contribution in [3.05, 3.63) is 71.3 Å². The molecule has 1 aliphatic rings. The molecule has 2 aromatic carbocycles. The maximum atomic E-state index is 13.1. The molecule has 1 aliphatic heterocycles. The molecule has 0 aliphatic carbocycles. The third kappa shape index (κ3) is 4.28. The monoisotopic (exact) mass is 445 g/mol. The van der Waals surface area contributed by atoms with Crippen molar-refractivity contribution in [3.8, 4) is 0 Å².